The maximum Gasteiger partial charge on any atom is 0.475 e. The fraction of sp³-hybridized carbons (Fsp3) is 0.552. The van der Waals surface area contributed by atoms with Crippen LogP contribution in [0.5, 0.6) is 0 Å². The van der Waals surface area contributed by atoms with Crippen LogP contribution in [0.25, 0.3) is 11.0 Å². The molecule has 4 rings (SSSR count). The van der Waals surface area contributed by atoms with Crippen LogP contribution in [0.4, 0.5) is 13.6 Å². The molecule has 13 heteroatoms. The molecule has 0 radical (unpaired) electrons. The highest BCUT2D eigenvalue weighted by atomic mass is 19.3. The number of nitrogens with one attached hydrogen (secondary N) is 2. The molecule has 2 fully saturated rings. The molecule has 226 valence electrons. The van der Waals surface area contributed by atoms with Crippen molar-refractivity contribution >= 4 is 30.0 Å². The lowest BCUT2D eigenvalue weighted by Crippen LogP contribution is -2.53. The average Bonchev–Trinajstić information content (AvgIpc) is 3.58. The molecular formula is C29H38BF2N5O5. The number of halogens is 2. The molecule has 1 aromatic heterocycles. The van der Waals surface area contributed by atoms with Crippen molar-refractivity contribution in [3.05, 3.63) is 48.2 Å². The Morgan fingerprint density at radius 3 is 2.67 bits per heavy atom. The third-order valence-corrected chi connectivity index (χ3v) is 8.25. The van der Waals surface area contributed by atoms with E-state index in [9.17, 15) is 33.7 Å². The Kier molecular flexibility index (Phi) is 9.91. The second-order valence-corrected chi connectivity index (χ2v) is 11.6. The molecule has 1 unspecified atom stereocenters. The number of urea groups is 1. The lowest BCUT2D eigenvalue weighted by Gasteiger charge is -2.41. The van der Waals surface area contributed by atoms with Crippen molar-refractivity contribution in [1.82, 2.24) is 20.4 Å². The molecule has 2 aliphatic rings. The van der Waals surface area contributed by atoms with Crippen molar-refractivity contribution < 1.29 is 32.8 Å². The minimum Gasteiger partial charge on any atom is -0.464 e. The number of piperidine rings is 1. The molecule has 4 N–H and O–H groups in total. The summed E-state index contributed by atoms with van der Waals surface area (Å²) in [6.07, 6.45) is 5.82. The Morgan fingerprint density at radius 1 is 1.26 bits per heavy atom. The standard InChI is InChI=1S/C29H38BF2N5O5/c1-28(2,36-14-11-29(31,32)12-15-36)10-9-20(17-33)26(38)37-13-5-6-22(37)18-34-27(39)35-25(30(40)41)16-21-19-42-24-8-4-3-7-23(21)24/h3-4,7-10,19-20,22,25,40-41H,5-6,11-16,18H2,1-2H3,(H2,34,35,39)/b10-9+/t20?,22-,25+/m1/s1. The van der Waals surface area contributed by atoms with Gasteiger partial charge in [0.15, 0.2) is 0 Å². The number of benzene rings is 1. The molecule has 0 saturated carbocycles. The smallest absolute Gasteiger partial charge is 0.464 e. The Labute approximate surface area is 244 Å². The van der Waals surface area contributed by atoms with Crippen LogP contribution in [0, 0.1) is 17.2 Å². The number of rotatable bonds is 10. The lowest BCUT2D eigenvalue weighted by molar-refractivity contribution is -0.133. The van der Waals surface area contributed by atoms with E-state index in [1.165, 1.54) is 12.3 Å². The highest BCUT2D eigenvalue weighted by molar-refractivity contribution is 6.43. The van der Waals surface area contributed by atoms with E-state index in [0.717, 1.165) is 5.39 Å². The molecule has 3 amide bonds. The fourth-order valence-corrected chi connectivity index (χ4v) is 5.63. The van der Waals surface area contributed by atoms with Gasteiger partial charge in [-0.2, -0.15) is 5.26 Å². The number of para-hydroxylation sites is 1. The third-order valence-electron chi connectivity index (χ3n) is 8.25. The first kappa shape index (κ1) is 31.5. The number of nitriles is 1. The summed E-state index contributed by atoms with van der Waals surface area (Å²) < 4.78 is 32.7. The van der Waals surface area contributed by atoms with Gasteiger partial charge in [0, 0.05) is 56.0 Å². The van der Waals surface area contributed by atoms with E-state index in [4.69, 9.17) is 4.42 Å². The summed E-state index contributed by atoms with van der Waals surface area (Å²) in [5.41, 5.74) is 0.764. The molecule has 3 heterocycles. The molecule has 3 atom stereocenters. The molecule has 0 bridgehead atoms. The van der Waals surface area contributed by atoms with E-state index in [1.807, 2.05) is 43.0 Å². The topological polar surface area (TPSA) is 142 Å². The molecule has 2 saturated heterocycles. The number of nitrogens with zero attached hydrogens (tertiary/aromatic N) is 3. The number of carbonyl (C=O) groups is 2. The predicted molar refractivity (Wildman–Crippen MR) is 153 cm³/mol. The van der Waals surface area contributed by atoms with Crippen LogP contribution < -0.4 is 10.6 Å². The van der Waals surface area contributed by atoms with Crippen molar-refractivity contribution in [2.24, 2.45) is 5.92 Å². The van der Waals surface area contributed by atoms with Gasteiger partial charge in [-0.15, -0.1) is 0 Å². The number of hydrogen-bond acceptors (Lipinski definition) is 7. The normalized spacial score (nSPS) is 20.8. The van der Waals surface area contributed by atoms with E-state index < -0.39 is 36.5 Å². The molecule has 0 spiro atoms. The summed E-state index contributed by atoms with van der Waals surface area (Å²) >= 11 is 0. The van der Waals surface area contributed by atoms with E-state index in [1.54, 1.807) is 17.0 Å². The molecule has 42 heavy (non-hydrogen) atoms. The zero-order valence-corrected chi connectivity index (χ0v) is 23.9. The van der Waals surface area contributed by atoms with Gasteiger partial charge in [0.2, 0.25) is 5.91 Å². The zero-order valence-electron chi connectivity index (χ0n) is 23.9. The Hall–Kier alpha value is -3.47. The number of furan rings is 1. The molecule has 2 aromatic rings. The van der Waals surface area contributed by atoms with Crippen LogP contribution >= 0.6 is 0 Å². The minimum atomic E-state index is -2.66. The van der Waals surface area contributed by atoms with E-state index in [2.05, 4.69) is 10.6 Å². The number of amides is 3. The number of alkyl halides is 2. The summed E-state index contributed by atoms with van der Waals surface area (Å²) in [4.78, 5) is 29.5. The van der Waals surface area contributed by atoms with E-state index in [-0.39, 0.29) is 50.8 Å². The largest absolute Gasteiger partial charge is 0.475 e. The summed E-state index contributed by atoms with van der Waals surface area (Å²) in [5, 5.41) is 35.6. The van der Waals surface area contributed by atoms with Crippen molar-refractivity contribution in [1.29, 1.82) is 5.26 Å². The minimum absolute atomic E-state index is 0.121. The summed E-state index contributed by atoms with van der Waals surface area (Å²) in [7, 11) is -1.82. The molecule has 2 aliphatic heterocycles. The van der Waals surface area contributed by atoms with Gasteiger partial charge < -0.3 is 30.0 Å². The van der Waals surface area contributed by atoms with Crippen LogP contribution in [0.3, 0.4) is 0 Å². The number of likely N-dealkylation sites (tertiary alicyclic amines) is 2. The van der Waals surface area contributed by atoms with Crippen LogP contribution in [0.2, 0.25) is 0 Å². The fourth-order valence-electron chi connectivity index (χ4n) is 5.63. The highest BCUT2D eigenvalue weighted by Crippen LogP contribution is 2.32. The Bertz CT molecular complexity index is 1320. The highest BCUT2D eigenvalue weighted by Gasteiger charge is 2.39. The summed E-state index contributed by atoms with van der Waals surface area (Å²) in [6, 6.07) is 8.40. The van der Waals surface area contributed by atoms with Crippen LogP contribution in [-0.2, 0) is 11.2 Å². The van der Waals surface area contributed by atoms with E-state index >= 15 is 0 Å². The van der Waals surface area contributed by atoms with Crippen molar-refractivity contribution in [2.75, 3.05) is 26.2 Å². The van der Waals surface area contributed by atoms with Gasteiger partial charge in [0.1, 0.15) is 11.5 Å². The second kappa shape index (κ2) is 13.2. The van der Waals surface area contributed by atoms with Gasteiger partial charge >= 0.3 is 13.1 Å². The van der Waals surface area contributed by atoms with Gasteiger partial charge in [-0.25, -0.2) is 13.6 Å². The molecule has 10 nitrogen and oxygen atoms in total. The monoisotopic (exact) mass is 585 g/mol. The molecular weight excluding hydrogens is 547 g/mol. The summed E-state index contributed by atoms with van der Waals surface area (Å²) in [5.74, 6) is -5.10. The van der Waals surface area contributed by atoms with Crippen LogP contribution in [0.15, 0.2) is 47.1 Å². The molecule has 1 aromatic carbocycles. The van der Waals surface area contributed by atoms with Gasteiger partial charge in [0.05, 0.1) is 18.3 Å². The van der Waals surface area contributed by atoms with Crippen LogP contribution in [0.1, 0.15) is 45.1 Å². The maximum atomic E-state index is 13.6. The number of fused-ring (bicyclic) bond motifs is 1. The van der Waals surface area contributed by atoms with Gasteiger partial charge in [-0.3, -0.25) is 9.69 Å². The first-order chi connectivity index (χ1) is 19.9. The van der Waals surface area contributed by atoms with E-state index in [0.29, 0.717) is 30.5 Å². The lowest BCUT2D eigenvalue weighted by atomic mass is 9.76. The number of hydrogen-bond donors (Lipinski definition) is 4. The second-order valence-electron chi connectivity index (χ2n) is 11.6. The van der Waals surface area contributed by atoms with Gasteiger partial charge in [-0.05, 0) is 44.7 Å². The Balaban J connectivity index is 1.31. The van der Waals surface area contributed by atoms with Crippen molar-refractivity contribution in [2.45, 2.75) is 69.4 Å². The first-order valence-electron chi connectivity index (χ1n) is 14.3. The summed E-state index contributed by atoms with van der Waals surface area (Å²) in [6.45, 7) is 4.76. The maximum absolute atomic E-state index is 13.6. The number of carbonyl (C=O) groups excluding carboxylic acids is 2. The quantitative estimate of drug-likeness (QED) is 0.248. The van der Waals surface area contributed by atoms with Crippen LogP contribution in [-0.4, -0.2) is 88.5 Å². The Morgan fingerprint density at radius 2 is 1.98 bits per heavy atom. The zero-order chi connectivity index (χ0) is 30.5. The van der Waals surface area contributed by atoms with Crippen molar-refractivity contribution in [3.63, 3.8) is 0 Å². The molecule has 0 aliphatic carbocycles. The van der Waals surface area contributed by atoms with Crippen molar-refractivity contribution in [3.8, 4) is 6.07 Å². The SMILES string of the molecule is CC(C)(/C=C/C(C#N)C(=O)N1CCC[C@@H]1CNC(=O)N[C@@H](Cc1coc2ccccc12)B(O)O)N1CCC(F)(F)CC1. The van der Waals surface area contributed by atoms with Gasteiger partial charge in [0.25, 0.3) is 5.92 Å². The first-order valence-corrected chi connectivity index (χ1v) is 14.3. The third kappa shape index (κ3) is 7.67. The predicted octanol–water partition coefficient (Wildman–Crippen LogP) is 2.85. The average molecular weight is 585 g/mol. The van der Waals surface area contributed by atoms with Gasteiger partial charge in [-0.1, -0.05) is 30.4 Å².